The first-order valence-corrected chi connectivity index (χ1v) is 12.3. The predicted octanol–water partition coefficient (Wildman–Crippen LogP) is 7.01. The highest BCUT2D eigenvalue weighted by Crippen LogP contribution is 2.33. The first kappa shape index (κ1) is 22.5. The maximum atomic E-state index is 6.38. The van der Waals surface area contributed by atoms with Crippen LogP contribution in [-0.4, -0.2) is 26.2 Å². The zero-order valence-corrected chi connectivity index (χ0v) is 20.7. The van der Waals surface area contributed by atoms with E-state index in [2.05, 4.69) is 24.0 Å². The van der Waals surface area contributed by atoms with Crippen LogP contribution in [0.2, 0.25) is 5.02 Å². The molecule has 0 aliphatic rings. The minimum absolute atomic E-state index is 0.565. The normalized spacial score (nSPS) is 11.3. The number of nitrogens with zero attached hydrogens (tertiary/aromatic N) is 4. The molecule has 5 aromatic rings. The third-order valence-electron chi connectivity index (χ3n) is 5.39. The van der Waals surface area contributed by atoms with Crippen LogP contribution in [0.5, 0.6) is 5.75 Å². The van der Waals surface area contributed by atoms with Crippen LogP contribution in [0, 0.1) is 13.8 Å². The molecule has 0 N–H and O–H groups in total. The van der Waals surface area contributed by atoms with Gasteiger partial charge in [-0.05, 0) is 57.2 Å². The topological polar surface area (TPSA) is 65.5 Å². The van der Waals surface area contributed by atoms with Gasteiger partial charge in [0.25, 0.3) is 0 Å². The molecule has 8 heteroatoms. The van der Waals surface area contributed by atoms with Crippen LogP contribution in [0.3, 0.4) is 0 Å². The van der Waals surface area contributed by atoms with E-state index in [9.17, 15) is 0 Å². The van der Waals surface area contributed by atoms with E-state index in [1.54, 1.807) is 18.0 Å². The Hall–Kier alpha value is -3.29. The van der Waals surface area contributed by atoms with E-state index in [0.717, 1.165) is 38.8 Å². The van der Waals surface area contributed by atoms with Gasteiger partial charge in [-0.2, -0.15) is 5.10 Å². The quantitative estimate of drug-likeness (QED) is 0.228. The molecule has 172 valence electrons. The Balaban J connectivity index is 1.39. The van der Waals surface area contributed by atoms with Crippen LogP contribution in [0.4, 0.5) is 0 Å². The van der Waals surface area contributed by atoms with Gasteiger partial charge < -0.3 is 9.15 Å². The Labute approximate surface area is 207 Å². The fraction of sp³-hybridized carbons (Fsp3) is 0.192. The molecule has 2 aromatic carbocycles. The van der Waals surface area contributed by atoms with Crippen molar-refractivity contribution >= 4 is 28.9 Å². The number of oxazole rings is 1. The Morgan fingerprint density at radius 3 is 2.76 bits per heavy atom. The molecule has 0 bridgehead atoms. The number of ether oxygens (including phenoxy) is 1. The van der Waals surface area contributed by atoms with E-state index >= 15 is 0 Å². The highest BCUT2D eigenvalue weighted by molar-refractivity contribution is 7.98. The number of hydrogen-bond donors (Lipinski definition) is 0. The van der Waals surface area contributed by atoms with Crippen molar-refractivity contribution in [2.75, 3.05) is 6.61 Å². The molecule has 0 fully saturated rings. The fourth-order valence-electron chi connectivity index (χ4n) is 3.68. The third kappa shape index (κ3) is 4.54. The minimum Gasteiger partial charge on any atom is -0.492 e. The number of rotatable bonds is 7. The van der Waals surface area contributed by atoms with Crippen molar-refractivity contribution in [2.24, 2.45) is 0 Å². The highest BCUT2D eigenvalue weighted by Gasteiger charge is 2.15. The summed E-state index contributed by atoms with van der Waals surface area (Å²) < 4.78 is 13.3. The molecular formula is C26H23ClN4O2S. The summed E-state index contributed by atoms with van der Waals surface area (Å²) >= 11 is 7.99. The van der Waals surface area contributed by atoms with Crippen molar-refractivity contribution in [3.8, 4) is 28.5 Å². The van der Waals surface area contributed by atoms with E-state index < -0.39 is 0 Å². The zero-order chi connectivity index (χ0) is 23.7. The molecule has 3 aromatic heterocycles. The number of hydrogen-bond acceptors (Lipinski definition) is 6. The van der Waals surface area contributed by atoms with E-state index in [-0.39, 0.29) is 0 Å². The standard InChI is InChI=1S/C26H23ClN4O2S/c1-4-32-24-9-8-18(13-20(24)27)21-14-23-26(28-10-11-31(23)30-21)34-15-22-17(3)33-25(29-22)19-7-5-6-16(2)12-19/h5-14H,4,15H2,1-3H3. The van der Waals surface area contributed by atoms with Gasteiger partial charge in [0.05, 0.1) is 28.5 Å². The van der Waals surface area contributed by atoms with Gasteiger partial charge in [0.15, 0.2) is 0 Å². The molecule has 0 spiro atoms. The van der Waals surface area contributed by atoms with E-state index in [0.29, 0.717) is 29.0 Å². The zero-order valence-electron chi connectivity index (χ0n) is 19.1. The van der Waals surface area contributed by atoms with Crippen LogP contribution in [0.25, 0.3) is 28.2 Å². The summed E-state index contributed by atoms with van der Waals surface area (Å²) in [6, 6.07) is 15.9. The second-order valence-electron chi connectivity index (χ2n) is 7.85. The van der Waals surface area contributed by atoms with Crippen molar-refractivity contribution in [1.29, 1.82) is 0 Å². The first-order chi connectivity index (χ1) is 16.5. The monoisotopic (exact) mass is 490 g/mol. The molecule has 0 atom stereocenters. The Bertz CT molecular complexity index is 1480. The lowest BCUT2D eigenvalue weighted by Crippen LogP contribution is -1.93. The molecule has 0 radical (unpaired) electrons. The van der Waals surface area contributed by atoms with Crippen LogP contribution in [0.1, 0.15) is 23.9 Å². The molecule has 0 aliphatic carbocycles. The SMILES string of the molecule is CCOc1ccc(-c2cc3c(SCc4nc(-c5cccc(C)c5)oc4C)nccn3n2)cc1Cl. The molecule has 5 rings (SSSR count). The van der Waals surface area contributed by atoms with E-state index in [4.69, 9.17) is 30.8 Å². The van der Waals surface area contributed by atoms with Gasteiger partial charge >= 0.3 is 0 Å². The van der Waals surface area contributed by atoms with E-state index in [1.165, 1.54) is 5.56 Å². The largest absolute Gasteiger partial charge is 0.492 e. The summed E-state index contributed by atoms with van der Waals surface area (Å²) in [6.07, 6.45) is 3.60. The summed E-state index contributed by atoms with van der Waals surface area (Å²) in [5.74, 6) is 2.77. The van der Waals surface area contributed by atoms with Crippen LogP contribution < -0.4 is 4.74 Å². The number of aryl methyl sites for hydroxylation is 2. The van der Waals surface area contributed by atoms with Gasteiger partial charge in [0.2, 0.25) is 5.89 Å². The number of thioether (sulfide) groups is 1. The maximum Gasteiger partial charge on any atom is 0.226 e. The Kier molecular flexibility index (Phi) is 6.30. The van der Waals surface area contributed by atoms with Crippen LogP contribution >= 0.6 is 23.4 Å². The van der Waals surface area contributed by atoms with E-state index in [1.807, 2.05) is 61.0 Å². The lowest BCUT2D eigenvalue weighted by molar-refractivity contribution is 0.340. The second-order valence-corrected chi connectivity index (χ2v) is 9.22. The number of fused-ring (bicyclic) bond motifs is 1. The molecule has 0 saturated heterocycles. The predicted molar refractivity (Wildman–Crippen MR) is 136 cm³/mol. The van der Waals surface area contributed by atoms with Crippen molar-refractivity contribution in [1.82, 2.24) is 19.6 Å². The molecule has 3 heterocycles. The average molecular weight is 491 g/mol. The van der Waals surface area contributed by atoms with Crippen molar-refractivity contribution < 1.29 is 9.15 Å². The van der Waals surface area contributed by atoms with Gasteiger partial charge in [-0.3, -0.25) is 0 Å². The molecule has 34 heavy (non-hydrogen) atoms. The van der Waals surface area contributed by atoms with Gasteiger partial charge in [-0.25, -0.2) is 14.5 Å². The highest BCUT2D eigenvalue weighted by atomic mass is 35.5. The van der Waals surface area contributed by atoms with Crippen LogP contribution in [0.15, 0.2) is 70.4 Å². The lowest BCUT2D eigenvalue weighted by Gasteiger charge is -2.06. The smallest absolute Gasteiger partial charge is 0.226 e. The molecule has 0 aliphatic heterocycles. The summed E-state index contributed by atoms with van der Waals surface area (Å²) in [6.45, 7) is 6.51. The number of halogens is 1. The minimum atomic E-state index is 0.565. The van der Waals surface area contributed by atoms with Crippen molar-refractivity contribution in [3.63, 3.8) is 0 Å². The maximum absolute atomic E-state index is 6.38. The third-order valence-corrected chi connectivity index (χ3v) is 6.69. The lowest BCUT2D eigenvalue weighted by atomic mass is 10.1. The molecule has 0 saturated carbocycles. The summed E-state index contributed by atoms with van der Waals surface area (Å²) in [5.41, 5.74) is 5.72. The van der Waals surface area contributed by atoms with Crippen LogP contribution in [-0.2, 0) is 5.75 Å². The second kappa shape index (κ2) is 9.52. The first-order valence-electron chi connectivity index (χ1n) is 10.9. The fourth-order valence-corrected chi connectivity index (χ4v) is 4.90. The number of benzene rings is 2. The Morgan fingerprint density at radius 1 is 1.09 bits per heavy atom. The summed E-state index contributed by atoms with van der Waals surface area (Å²) in [7, 11) is 0. The summed E-state index contributed by atoms with van der Waals surface area (Å²) in [4.78, 5) is 9.33. The molecule has 0 amide bonds. The van der Waals surface area contributed by atoms with Gasteiger partial charge in [-0.1, -0.05) is 41.1 Å². The van der Waals surface area contributed by atoms with Gasteiger partial charge in [0.1, 0.15) is 16.5 Å². The van der Waals surface area contributed by atoms with Gasteiger partial charge in [0, 0.05) is 29.3 Å². The molecular weight excluding hydrogens is 468 g/mol. The molecule has 6 nitrogen and oxygen atoms in total. The van der Waals surface area contributed by atoms with Crippen molar-refractivity contribution in [2.45, 2.75) is 31.6 Å². The average Bonchev–Trinajstić information content (AvgIpc) is 3.43. The van der Waals surface area contributed by atoms with Gasteiger partial charge in [-0.15, -0.1) is 0 Å². The Morgan fingerprint density at radius 2 is 1.97 bits per heavy atom. The summed E-state index contributed by atoms with van der Waals surface area (Å²) in [5, 5.41) is 6.15. The number of aromatic nitrogens is 4. The molecule has 0 unspecified atom stereocenters. The van der Waals surface area contributed by atoms with Crippen molar-refractivity contribution in [3.05, 3.63) is 83.0 Å².